The first-order chi connectivity index (χ1) is 5.91. The molecule has 1 atom stereocenters. The third kappa shape index (κ3) is 3.51. The summed E-state index contributed by atoms with van der Waals surface area (Å²) in [4.78, 5) is 0. The van der Waals surface area contributed by atoms with Gasteiger partial charge in [0.25, 0.3) is 6.01 Å². The Hall–Kier alpha value is -0.300. The molecule has 0 radical (unpaired) electrons. The average molecular weight is 265 g/mol. The molecule has 1 fully saturated rings. The van der Waals surface area contributed by atoms with Crippen molar-refractivity contribution in [3.8, 4) is 0 Å². The highest BCUT2D eigenvalue weighted by atomic mass is 79.9. The third-order valence-corrected chi connectivity index (χ3v) is 1.98. The second kappa shape index (κ2) is 3.83. The van der Waals surface area contributed by atoms with Crippen LogP contribution in [0.5, 0.6) is 0 Å². The van der Waals surface area contributed by atoms with Gasteiger partial charge < -0.3 is 9.47 Å². The van der Waals surface area contributed by atoms with E-state index in [9.17, 15) is 17.6 Å². The molecule has 0 bridgehead atoms. The fourth-order valence-electron chi connectivity index (χ4n) is 0.505. The number of alkyl halides is 3. The summed E-state index contributed by atoms with van der Waals surface area (Å²) in [5.74, 6) is 0. The van der Waals surface area contributed by atoms with Crippen molar-refractivity contribution >= 4 is 15.9 Å². The molecule has 1 rings (SSSR count). The number of hydrogen-bond donors (Lipinski definition) is 0. The van der Waals surface area contributed by atoms with Crippen molar-refractivity contribution in [3.05, 3.63) is 10.5 Å². The Bertz CT molecular complexity index is 221. The lowest BCUT2D eigenvalue weighted by Crippen LogP contribution is -2.10. The fraction of sp³-hybridized carbons (Fsp3) is 0.667. The van der Waals surface area contributed by atoms with Gasteiger partial charge in [-0.1, -0.05) is 0 Å². The van der Waals surface area contributed by atoms with Gasteiger partial charge in [0.1, 0.15) is 12.7 Å². The van der Waals surface area contributed by atoms with E-state index in [0.717, 1.165) is 0 Å². The molecule has 0 N–H and O–H groups in total. The van der Waals surface area contributed by atoms with Gasteiger partial charge in [-0.3, -0.25) is 0 Å². The smallest absolute Gasteiger partial charge is 0.428 e. The molecule has 1 unspecified atom stereocenters. The number of epoxide rings is 1. The van der Waals surface area contributed by atoms with Crippen LogP contribution in [-0.4, -0.2) is 25.5 Å². The van der Waals surface area contributed by atoms with Gasteiger partial charge in [0.2, 0.25) is 0 Å². The average Bonchev–Trinajstić information content (AvgIpc) is 2.80. The Balaban J connectivity index is 2.45. The standard InChI is InChI=1S/C6H5BrF4O2/c7-4(6(9,10)11)5(8)13-2-3-1-12-3/h3H,1-2H2/b5-4-. The molecule has 0 aromatic carbocycles. The molecular weight excluding hydrogens is 260 g/mol. The summed E-state index contributed by atoms with van der Waals surface area (Å²) < 4.78 is 55.1. The summed E-state index contributed by atoms with van der Waals surface area (Å²) in [6.07, 6.45) is -5.03. The van der Waals surface area contributed by atoms with Crippen molar-refractivity contribution in [2.24, 2.45) is 0 Å². The highest BCUT2D eigenvalue weighted by molar-refractivity contribution is 9.11. The van der Waals surface area contributed by atoms with Gasteiger partial charge >= 0.3 is 6.18 Å². The Morgan fingerprint density at radius 3 is 2.46 bits per heavy atom. The fourth-order valence-corrected chi connectivity index (χ4v) is 0.620. The zero-order valence-corrected chi connectivity index (χ0v) is 7.78. The summed E-state index contributed by atoms with van der Waals surface area (Å²) in [6.45, 7) is 0.202. The summed E-state index contributed by atoms with van der Waals surface area (Å²) in [6, 6.07) is -1.66. The molecule has 13 heavy (non-hydrogen) atoms. The molecule has 1 aliphatic heterocycles. The van der Waals surface area contributed by atoms with Crippen LogP contribution >= 0.6 is 15.9 Å². The monoisotopic (exact) mass is 264 g/mol. The third-order valence-electron chi connectivity index (χ3n) is 1.22. The van der Waals surface area contributed by atoms with E-state index in [1.165, 1.54) is 0 Å². The van der Waals surface area contributed by atoms with Crippen LogP contribution in [0, 0.1) is 0 Å². The molecule has 0 aliphatic carbocycles. The van der Waals surface area contributed by atoms with Gasteiger partial charge in [0.05, 0.1) is 6.61 Å². The lowest BCUT2D eigenvalue weighted by Gasteiger charge is -2.06. The Kier molecular flexibility index (Phi) is 3.18. The van der Waals surface area contributed by atoms with Gasteiger partial charge in [0, 0.05) is 0 Å². The molecule has 1 aliphatic rings. The zero-order valence-electron chi connectivity index (χ0n) is 6.20. The first kappa shape index (κ1) is 10.8. The van der Waals surface area contributed by atoms with Crippen molar-refractivity contribution in [3.63, 3.8) is 0 Å². The number of allylic oxidation sites excluding steroid dienone is 1. The van der Waals surface area contributed by atoms with E-state index >= 15 is 0 Å². The second-order valence-electron chi connectivity index (χ2n) is 2.35. The maximum Gasteiger partial charge on any atom is 0.428 e. The zero-order chi connectivity index (χ0) is 10.1. The predicted molar refractivity (Wildman–Crippen MR) is 38.8 cm³/mol. The van der Waals surface area contributed by atoms with E-state index in [4.69, 9.17) is 0 Å². The Morgan fingerprint density at radius 1 is 1.54 bits per heavy atom. The van der Waals surface area contributed by atoms with Crippen molar-refractivity contribution in [1.29, 1.82) is 0 Å². The molecule has 0 spiro atoms. The Morgan fingerprint density at radius 2 is 2.08 bits per heavy atom. The number of halogens is 5. The van der Waals surface area contributed by atoms with Gasteiger partial charge in [-0.2, -0.15) is 17.6 Å². The molecule has 0 aromatic rings. The van der Waals surface area contributed by atoms with Crippen molar-refractivity contribution < 1.29 is 27.0 Å². The van der Waals surface area contributed by atoms with Crippen molar-refractivity contribution in [1.82, 2.24) is 0 Å². The van der Waals surface area contributed by atoms with Gasteiger partial charge in [-0.15, -0.1) is 0 Å². The molecule has 0 saturated carbocycles. The van der Waals surface area contributed by atoms with Crippen LogP contribution < -0.4 is 0 Å². The number of ether oxygens (including phenoxy) is 2. The van der Waals surface area contributed by atoms with Crippen molar-refractivity contribution in [2.75, 3.05) is 13.2 Å². The van der Waals surface area contributed by atoms with Gasteiger partial charge in [-0.05, 0) is 15.9 Å². The van der Waals surface area contributed by atoms with E-state index in [-0.39, 0.29) is 12.7 Å². The highest BCUT2D eigenvalue weighted by Gasteiger charge is 2.37. The second-order valence-corrected chi connectivity index (χ2v) is 3.14. The van der Waals surface area contributed by atoms with Crippen molar-refractivity contribution in [2.45, 2.75) is 12.3 Å². The van der Waals surface area contributed by atoms with Crippen LogP contribution in [0.3, 0.4) is 0 Å². The van der Waals surface area contributed by atoms with E-state index < -0.39 is 16.7 Å². The van der Waals surface area contributed by atoms with Crippen LogP contribution in [-0.2, 0) is 9.47 Å². The molecule has 0 amide bonds. The molecule has 1 heterocycles. The topological polar surface area (TPSA) is 21.8 Å². The summed E-state index contributed by atoms with van der Waals surface area (Å²) in [7, 11) is 0. The lowest BCUT2D eigenvalue weighted by atomic mass is 10.5. The quantitative estimate of drug-likeness (QED) is 0.444. The normalized spacial score (nSPS) is 23.9. The van der Waals surface area contributed by atoms with Crippen LogP contribution in [0.15, 0.2) is 10.5 Å². The van der Waals surface area contributed by atoms with E-state index in [1.807, 2.05) is 15.9 Å². The summed E-state index contributed by atoms with van der Waals surface area (Å²) >= 11 is 2.05. The van der Waals surface area contributed by atoms with Gasteiger partial charge in [0.15, 0.2) is 4.48 Å². The largest absolute Gasteiger partial charge is 0.467 e. The molecule has 0 aromatic heterocycles. The van der Waals surface area contributed by atoms with Crippen LogP contribution in [0.2, 0.25) is 0 Å². The molecule has 76 valence electrons. The van der Waals surface area contributed by atoms with Crippen LogP contribution in [0.4, 0.5) is 17.6 Å². The molecular formula is C6H5BrF4O2. The maximum atomic E-state index is 12.5. The van der Waals surface area contributed by atoms with E-state index in [1.54, 1.807) is 0 Å². The first-order valence-electron chi connectivity index (χ1n) is 3.28. The predicted octanol–water partition coefficient (Wildman–Crippen LogP) is 2.50. The highest BCUT2D eigenvalue weighted by Crippen LogP contribution is 2.33. The minimum atomic E-state index is -4.76. The number of hydrogen-bond acceptors (Lipinski definition) is 2. The summed E-state index contributed by atoms with van der Waals surface area (Å²) in [5, 5.41) is 0. The minimum absolute atomic E-state index is 0.197. The van der Waals surface area contributed by atoms with Gasteiger partial charge in [-0.25, -0.2) is 0 Å². The maximum absolute atomic E-state index is 12.5. The molecule has 7 heteroatoms. The minimum Gasteiger partial charge on any atom is -0.467 e. The first-order valence-corrected chi connectivity index (χ1v) is 4.07. The van der Waals surface area contributed by atoms with E-state index in [0.29, 0.717) is 6.61 Å². The SMILES string of the molecule is F/C(OCC1CO1)=C(/Br)C(F)(F)F. The van der Waals surface area contributed by atoms with E-state index in [2.05, 4.69) is 9.47 Å². The lowest BCUT2D eigenvalue weighted by molar-refractivity contribution is -0.0886. The molecule has 2 nitrogen and oxygen atoms in total. The summed E-state index contributed by atoms with van der Waals surface area (Å²) in [5.41, 5.74) is 0. The van der Waals surface area contributed by atoms with Crippen LogP contribution in [0.1, 0.15) is 0 Å². The van der Waals surface area contributed by atoms with Crippen LogP contribution in [0.25, 0.3) is 0 Å². The Labute approximate surface area is 79.6 Å². The molecule has 1 saturated heterocycles. The number of rotatable bonds is 3.